The molecule has 0 radical (unpaired) electrons. The largest absolute Gasteiger partial charge is 0.329 e. The number of aryl methyl sites for hydroxylation is 1. The summed E-state index contributed by atoms with van der Waals surface area (Å²) in [7, 11) is 0. The highest BCUT2D eigenvalue weighted by atomic mass is 15.1. The maximum atomic E-state index is 4.45. The Morgan fingerprint density at radius 1 is 1.21 bits per heavy atom. The van der Waals surface area contributed by atoms with E-state index in [1.165, 1.54) is 11.1 Å². The van der Waals surface area contributed by atoms with Crippen molar-refractivity contribution in [1.82, 2.24) is 14.9 Å². The lowest BCUT2D eigenvalue weighted by Crippen LogP contribution is -2.36. The normalized spacial score (nSPS) is 11.8. The Kier molecular flexibility index (Phi) is 4.05. The highest BCUT2D eigenvalue weighted by Gasteiger charge is 2.11. The van der Waals surface area contributed by atoms with Gasteiger partial charge in [0.2, 0.25) is 0 Å². The summed E-state index contributed by atoms with van der Waals surface area (Å²) in [6.07, 6.45) is 3.92. The second-order valence-corrected chi connectivity index (χ2v) is 6.00. The van der Waals surface area contributed by atoms with E-state index in [0.717, 1.165) is 18.9 Å². The second-order valence-electron chi connectivity index (χ2n) is 6.00. The molecule has 0 amide bonds. The molecule has 0 fully saturated rings. The summed E-state index contributed by atoms with van der Waals surface area (Å²) >= 11 is 0. The van der Waals surface area contributed by atoms with Crippen LogP contribution in [0.3, 0.4) is 0 Å². The molecule has 0 atom stereocenters. The van der Waals surface area contributed by atoms with Crippen molar-refractivity contribution < 1.29 is 0 Å². The Morgan fingerprint density at radius 3 is 2.63 bits per heavy atom. The minimum atomic E-state index is 0.111. The molecular formula is C16H23N3. The topological polar surface area (TPSA) is 29.9 Å². The lowest BCUT2D eigenvalue weighted by molar-refractivity contribution is 0.413. The fraction of sp³-hybridized carbons (Fsp3) is 0.438. The molecule has 0 saturated heterocycles. The van der Waals surface area contributed by atoms with Gasteiger partial charge in [-0.2, -0.15) is 0 Å². The minimum Gasteiger partial charge on any atom is -0.329 e. The maximum absolute atomic E-state index is 4.45. The minimum absolute atomic E-state index is 0.111. The molecule has 3 nitrogen and oxygen atoms in total. The van der Waals surface area contributed by atoms with Crippen LogP contribution in [0.2, 0.25) is 0 Å². The van der Waals surface area contributed by atoms with Crippen LogP contribution >= 0.6 is 0 Å². The lowest BCUT2D eigenvalue weighted by Gasteiger charge is -2.20. The number of rotatable bonds is 4. The third-order valence-corrected chi connectivity index (χ3v) is 3.18. The third kappa shape index (κ3) is 3.93. The molecular weight excluding hydrogens is 234 g/mol. The van der Waals surface area contributed by atoms with Gasteiger partial charge in [-0.15, -0.1) is 0 Å². The lowest BCUT2D eigenvalue weighted by atomic mass is 10.1. The molecule has 1 N–H and O–H groups in total. The van der Waals surface area contributed by atoms with Crippen LogP contribution in [0.5, 0.6) is 0 Å². The number of benzene rings is 1. The number of nitrogens with one attached hydrogen (secondary N) is 1. The van der Waals surface area contributed by atoms with E-state index in [1.54, 1.807) is 0 Å². The van der Waals surface area contributed by atoms with Gasteiger partial charge < -0.3 is 9.88 Å². The van der Waals surface area contributed by atoms with Gasteiger partial charge in [0.05, 0.1) is 6.54 Å². The van der Waals surface area contributed by atoms with Crippen LogP contribution in [-0.2, 0) is 13.1 Å². The molecule has 2 aromatic rings. The van der Waals surface area contributed by atoms with Crippen LogP contribution in [0.1, 0.15) is 37.7 Å². The molecule has 102 valence electrons. The molecule has 2 rings (SSSR count). The number of aromatic nitrogens is 2. The van der Waals surface area contributed by atoms with Crippen molar-refractivity contribution in [2.45, 2.75) is 46.3 Å². The van der Waals surface area contributed by atoms with E-state index in [-0.39, 0.29) is 5.54 Å². The van der Waals surface area contributed by atoms with Crippen molar-refractivity contribution in [1.29, 1.82) is 0 Å². The zero-order valence-electron chi connectivity index (χ0n) is 12.3. The van der Waals surface area contributed by atoms with Crippen LogP contribution in [0.4, 0.5) is 0 Å². The van der Waals surface area contributed by atoms with Crippen LogP contribution in [0, 0.1) is 6.92 Å². The number of hydrogen-bond acceptors (Lipinski definition) is 2. The Labute approximate surface area is 115 Å². The molecule has 0 saturated carbocycles. The molecule has 0 aliphatic carbocycles. The van der Waals surface area contributed by atoms with Gasteiger partial charge in [0.1, 0.15) is 5.82 Å². The first-order valence-electron chi connectivity index (χ1n) is 6.75. The Balaban J connectivity index is 2.10. The monoisotopic (exact) mass is 257 g/mol. The summed E-state index contributed by atoms with van der Waals surface area (Å²) in [5.41, 5.74) is 2.78. The predicted molar refractivity (Wildman–Crippen MR) is 79.1 cm³/mol. The van der Waals surface area contributed by atoms with E-state index in [2.05, 4.69) is 66.8 Å². The summed E-state index contributed by atoms with van der Waals surface area (Å²) < 4.78 is 2.21. The van der Waals surface area contributed by atoms with Gasteiger partial charge in [-0.3, -0.25) is 0 Å². The van der Waals surface area contributed by atoms with Gasteiger partial charge in [0, 0.05) is 24.5 Å². The quantitative estimate of drug-likeness (QED) is 0.912. The van der Waals surface area contributed by atoms with Gasteiger partial charge in [-0.1, -0.05) is 24.3 Å². The van der Waals surface area contributed by atoms with Crippen molar-refractivity contribution in [3.63, 3.8) is 0 Å². The van der Waals surface area contributed by atoms with E-state index in [4.69, 9.17) is 0 Å². The van der Waals surface area contributed by atoms with Gasteiger partial charge >= 0.3 is 0 Å². The standard InChI is InChI=1S/C16H23N3/c1-13-7-5-6-8-14(13)12-19-10-9-17-15(19)11-18-16(2,3)4/h5-10,18H,11-12H2,1-4H3. The average Bonchev–Trinajstić information content (AvgIpc) is 2.76. The van der Waals surface area contributed by atoms with Crippen molar-refractivity contribution in [3.8, 4) is 0 Å². The van der Waals surface area contributed by atoms with Crippen molar-refractivity contribution in [3.05, 3.63) is 53.6 Å². The van der Waals surface area contributed by atoms with Gasteiger partial charge in [0.15, 0.2) is 0 Å². The Bertz CT molecular complexity index is 535. The van der Waals surface area contributed by atoms with Gasteiger partial charge in [0.25, 0.3) is 0 Å². The molecule has 19 heavy (non-hydrogen) atoms. The van der Waals surface area contributed by atoms with E-state index < -0.39 is 0 Å². The van der Waals surface area contributed by atoms with E-state index in [1.807, 2.05) is 12.4 Å². The van der Waals surface area contributed by atoms with Crippen molar-refractivity contribution >= 4 is 0 Å². The SMILES string of the molecule is Cc1ccccc1Cn1ccnc1CNC(C)(C)C. The first kappa shape index (κ1) is 13.8. The zero-order valence-corrected chi connectivity index (χ0v) is 12.3. The molecule has 0 bridgehead atoms. The summed E-state index contributed by atoms with van der Waals surface area (Å²) in [6.45, 7) is 10.3. The number of hydrogen-bond donors (Lipinski definition) is 1. The highest BCUT2D eigenvalue weighted by Crippen LogP contribution is 2.11. The second kappa shape index (κ2) is 5.57. The summed E-state index contributed by atoms with van der Waals surface area (Å²) in [5, 5.41) is 3.48. The molecule has 0 aliphatic rings. The van der Waals surface area contributed by atoms with Crippen LogP contribution in [0.25, 0.3) is 0 Å². The molecule has 0 spiro atoms. The summed E-state index contributed by atoms with van der Waals surface area (Å²) in [6, 6.07) is 8.50. The van der Waals surface area contributed by atoms with Gasteiger partial charge in [-0.05, 0) is 38.8 Å². The van der Waals surface area contributed by atoms with Crippen molar-refractivity contribution in [2.75, 3.05) is 0 Å². The third-order valence-electron chi connectivity index (χ3n) is 3.18. The van der Waals surface area contributed by atoms with E-state index in [0.29, 0.717) is 0 Å². The Morgan fingerprint density at radius 2 is 1.95 bits per heavy atom. The van der Waals surface area contributed by atoms with Crippen LogP contribution < -0.4 is 5.32 Å². The summed E-state index contributed by atoms with van der Waals surface area (Å²) in [5.74, 6) is 1.08. The van der Waals surface area contributed by atoms with Gasteiger partial charge in [-0.25, -0.2) is 4.98 Å². The molecule has 1 heterocycles. The molecule has 0 unspecified atom stereocenters. The molecule has 1 aromatic heterocycles. The zero-order chi connectivity index (χ0) is 13.9. The first-order chi connectivity index (χ1) is 8.96. The fourth-order valence-corrected chi connectivity index (χ4v) is 1.97. The number of imidazole rings is 1. The summed E-state index contributed by atoms with van der Waals surface area (Å²) in [4.78, 5) is 4.45. The average molecular weight is 257 g/mol. The molecule has 3 heteroatoms. The van der Waals surface area contributed by atoms with Crippen LogP contribution in [-0.4, -0.2) is 15.1 Å². The van der Waals surface area contributed by atoms with Crippen molar-refractivity contribution in [2.24, 2.45) is 0 Å². The fourth-order valence-electron chi connectivity index (χ4n) is 1.97. The van der Waals surface area contributed by atoms with E-state index in [9.17, 15) is 0 Å². The smallest absolute Gasteiger partial charge is 0.122 e. The molecule has 1 aromatic carbocycles. The highest BCUT2D eigenvalue weighted by molar-refractivity contribution is 5.26. The Hall–Kier alpha value is -1.61. The maximum Gasteiger partial charge on any atom is 0.122 e. The predicted octanol–water partition coefficient (Wildman–Crippen LogP) is 3.13. The first-order valence-corrected chi connectivity index (χ1v) is 6.75. The molecule has 0 aliphatic heterocycles. The van der Waals surface area contributed by atoms with E-state index >= 15 is 0 Å². The van der Waals surface area contributed by atoms with Crippen LogP contribution in [0.15, 0.2) is 36.7 Å². The number of nitrogens with zero attached hydrogens (tertiary/aromatic N) is 2.